The molecule has 1 rings (SSSR count). The minimum atomic E-state index is -0.362. The van der Waals surface area contributed by atoms with Crippen LogP contribution in [0.25, 0.3) is 0 Å². The van der Waals surface area contributed by atoms with E-state index in [1.807, 2.05) is 6.92 Å². The van der Waals surface area contributed by atoms with Gasteiger partial charge in [0.1, 0.15) is 0 Å². The summed E-state index contributed by atoms with van der Waals surface area (Å²) in [5.74, 6) is -0.0687. The van der Waals surface area contributed by atoms with E-state index in [2.05, 4.69) is 15.0 Å². The van der Waals surface area contributed by atoms with E-state index >= 15 is 0 Å². The van der Waals surface area contributed by atoms with E-state index in [-0.39, 0.29) is 23.3 Å². The molecule has 0 fully saturated rings. The Kier molecular flexibility index (Phi) is 2.89. The van der Waals surface area contributed by atoms with Gasteiger partial charge >= 0.3 is 0 Å². The fraction of sp³-hybridized carbons (Fsp3) is 0.500. The van der Waals surface area contributed by atoms with Crippen LogP contribution in [0.4, 0.5) is 5.88 Å². The Labute approximate surface area is 75.1 Å². The summed E-state index contributed by atoms with van der Waals surface area (Å²) in [6, 6.07) is 1.19. The van der Waals surface area contributed by atoms with Gasteiger partial charge in [0.05, 0.1) is 6.07 Å². The summed E-state index contributed by atoms with van der Waals surface area (Å²) in [5.41, 5.74) is -0.362. The van der Waals surface area contributed by atoms with E-state index in [1.165, 1.54) is 6.07 Å². The number of aromatic amines is 1. The van der Waals surface area contributed by atoms with Gasteiger partial charge in [0, 0.05) is 5.92 Å². The van der Waals surface area contributed by atoms with Gasteiger partial charge in [0.15, 0.2) is 0 Å². The lowest BCUT2D eigenvalue weighted by molar-refractivity contribution is -0.119. The molecular formula is C8H12N2O3. The van der Waals surface area contributed by atoms with Crippen LogP contribution in [0.3, 0.4) is 0 Å². The first-order valence-electron chi connectivity index (χ1n) is 4.13. The second-order valence-corrected chi connectivity index (χ2v) is 2.88. The average Bonchev–Trinajstić information content (AvgIpc) is 2.49. The van der Waals surface area contributed by atoms with E-state index in [0.717, 1.165) is 6.42 Å². The molecule has 5 nitrogen and oxygen atoms in total. The summed E-state index contributed by atoms with van der Waals surface area (Å²) in [5, 5.41) is 4.56. The molecule has 1 aromatic rings. The fourth-order valence-electron chi connectivity index (χ4n) is 0.775. The van der Waals surface area contributed by atoms with E-state index in [9.17, 15) is 9.59 Å². The van der Waals surface area contributed by atoms with Crippen molar-refractivity contribution in [1.82, 2.24) is 5.16 Å². The van der Waals surface area contributed by atoms with E-state index in [4.69, 9.17) is 0 Å². The summed E-state index contributed by atoms with van der Waals surface area (Å²) in [4.78, 5) is 21.9. The van der Waals surface area contributed by atoms with Gasteiger partial charge in [0.2, 0.25) is 11.8 Å². The van der Waals surface area contributed by atoms with Crippen molar-refractivity contribution in [2.75, 3.05) is 5.32 Å². The molecule has 0 saturated carbocycles. The van der Waals surface area contributed by atoms with Crippen molar-refractivity contribution in [3.8, 4) is 0 Å². The number of hydrogen-bond acceptors (Lipinski definition) is 3. The standard InChI is InChI=1S/C8H12N2O3/c1-3-5(2)8(12)9-7-4-6(11)10-13-7/h4-5H,3H2,1-2H3,(H,9,12)(H,10,11). The average molecular weight is 184 g/mol. The van der Waals surface area contributed by atoms with Crippen LogP contribution < -0.4 is 10.9 Å². The highest BCUT2D eigenvalue weighted by Gasteiger charge is 2.12. The zero-order valence-corrected chi connectivity index (χ0v) is 7.59. The van der Waals surface area contributed by atoms with Crippen molar-refractivity contribution in [3.63, 3.8) is 0 Å². The van der Waals surface area contributed by atoms with E-state index in [1.54, 1.807) is 6.92 Å². The number of anilines is 1. The van der Waals surface area contributed by atoms with E-state index < -0.39 is 0 Å². The fourth-order valence-corrected chi connectivity index (χ4v) is 0.775. The molecular weight excluding hydrogens is 172 g/mol. The first kappa shape index (κ1) is 9.57. The number of rotatable bonds is 3. The molecule has 1 amide bonds. The van der Waals surface area contributed by atoms with Crippen LogP contribution >= 0.6 is 0 Å². The van der Waals surface area contributed by atoms with Crippen LogP contribution in [0.2, 0.25) is 0 Å². The highest BCUT2D eigenvalue weighted by Crippen LogP contribution is 2.06. The molecule has 0 aliphatic heterocycles. The van der Waals surface area contributed by atoms with Crippen molar-refractivity contribution < 1.29 is 9.32 Å². The van der Waals surface area contributed by atoms with Crippen LogP contribution in [0, 0.1) is 5.92 Å². The minimum absolute atomic E-state index is 0.0831. The molecule has 1 unspecified atom stereocenters. The lowest BCUT2D eigenvalue weighted by Crippen LogP contribution is -2.19. The quantitative estimate of drug-likeness (QED) is 0.734. The molecule has 0 aliphatic rings. The van der Waals surface area contributed by atoms with Crippen LogP contribution in [0.1, 0.15) is 20.3 Å². The maximum Gasteiger partial charge on any atom is 0.282 e. The Morgan fingerprint density at radius 3 is 2.92 bits per heavy atom. The van der Waals surface area contributed by atoms with Crippen molar-refractivity contribution in [2.45, 2.75) is 20.3 Å². The van der Waals surface area contributed by atoms with Gasteiger partial charge in [-0.05, 0) is 6.42 Å². The molecule has 72 valence electrons. The Bertz CT molecular complexity index is 339. The largest absolute Gasteiger partial charge is 0.361 e. The summed E-state index contributed by atoms with van der Waals surface area (Å²) >= 11 is 0. The zero-order valence-electron chi connectivity index (χ0n) is 7.59. The first-order valence-corrected chi connectivity index (χ1v) is 4.13. The van der Waals surface area contributed by atoms with Crippen molar-refractivity contribution in [2.24, 2.45) is 5.92 Å². The summed E-state index contributed by atoms with van der Waals surface area (Å²) in [7, 11) is 0. The predicted molar refractivity (Wildman–Crippen MR) is 47.4 cm³/mol. The predicted octanol–water partition coefficient (Wildman–Crippen LogP) is 0.952. The Hall–Kier alpha value is -1.52. The van der Waals surface area contributed by atoms with Crippen LogP contribution in [0.5, 0.6) is 0 Å². The lowest BCUT2D eigenvalue weighted by Gasteiger charge is -2.05. The van der Waals surface area contributed by atoms with E-state index in [0.29, 0.717) is 0 Å². The number of hydrogen-bond donors (Lipinski definition) is 2. The van der Waals surface area contributed by atoms with Gasteiger partial charge in [-0.3, -0.25) is 14.9 Å². The van der Waals surface area contributed by atoms with Gasteiger partial charge < -0.3 is 4.52 Å². The molecule has 13 heavy (non-hydrogen) atoms. The Morgan fingerprint density at radius 2 is 2.46 bits per heavy atom. The highest BCUT2D eigenvalue weighted by atomic mass is 16.5. The molecule has 5 heteroatoms. The van der Waals surface area contributed by atoms with Gasteiger partial charge in [-0.25, -0.2) is 0 Å². The molecule has 2 N–H and O–H groups in total. The molecule has 0 saturated heterocycles. The molecule has 1 atom stereocenters. The maximum atomic E-state index is 11.3. The molecule has 1 heterocycles. The van der Waals surface area contributed by atoms with Crippen molar-refractivity contribution in [1.29, 1.82) is 0 Å². The molecule has 0 radical (unpaired) electrons. The van der Waals surface area contributed by atoms with Gasteiger partial charge in [-0.2, -0.15) is 5.16 Å². The lowest BCUT2D eigenvalue weighted by atomic mass is 10.1. The van der Waals surface area contributed by atoms with Crippen LogP contribution in [-0.4, -0.2) is 11.1 Å². The number of aromatic nitrogens is 1. The number of carbonyl (C=O) groups excluding carboxylic acids is 1. The summed E-state index contributed by atoms with van der Waals surface area (Å²) < 4.78 is 4.66. The first-order chi connectivity index (χ1) is 6.13. The smallest absolute Gasteiger partial charge is 0.282 e. The summed E-state index contributed by atoms with van der Waals surface area (Å²) in [6.07, 6.45) is 0.750. The van der Waals surface area contributed by atoms with Crippen molar-refractivity contribution in [3.05, 3.63) is 16.4 Å². The third kappa shape index (κ3) is 2.47. The number of nitrogens with one attached hydrogen (secondary N) is 2. The Morgan fingerprint density at radius 1 is 1.77 bits per heavy atom. The number of H-pyrrole nitrogens is 1. The topological polar surface area (TPSA) is 75.1 Å². The molecule has 0 spiro atoms. The number of carbonyl (C=O) groups is 1. The normalized spacial score (nSPS) is 12.5. The van der Waals surface area contributed by atoms with Gasteiger partial charge in [-0.1, -0.05) is 13.8 Å². The minimum Gasteiger partial charge on any atom is -0.361 e. The second-order valence-electron chi connectivity index (χ2n) is 2.88. The monoisotopic (exact) mass is 184 g/mol. The summed E-state index contributed by atoms with van der Waals surface area (Å²) in [6.45, 7) is 3.72. The maximum absolute atomic E-state index is 11.3. The molecule has 1 aromatic heterocycles. The molecule has 0 aliphatic carbocycles. The third-order valence-corrected chi connectivity index (χ3v) is 1.83. The SMILES string of the molecule is CCC(C)C(=O)Nc1cc(=O)[nH]o1. The van der Waals surface area contributed by atoms with Gasteiger partial charge in [-0.15, -0.1) is 0 Å². The van der Waals surface area contributed by atoms with Crippen LogP contribution in [-0.2, 0) is 4.79 Å². The van der Waals surface area contributed by atoms with Crippen molar-refractivity contribution >= 4 is 11.8 Å². The molecule has 0 bridgehead atoms. The van der Waals surface area contributed by atoms with Gasteiger partial charge in [0.25, 0.3) is 5.56 Å². The second kappa shape index (κ2) is 3.93. The Balaban J connectivity index is 2.59. The van der Waals surface area contributed by atoms with Crippen LogP contribution in [0.15, 0.2) is 15.4 Å². The highest BCUT2D eigenvalue weighted by molar-refractivity contribution is 5.90. The third-order valence-electron chi connectivity index (χ3n) is 1.83. The number of amides is 1. The zero-order chi connectivity index (χ0) is 9.84. The molecule has 0 aromatic carbocycles.